The van der Waals surface area contributed by atoms with Gasteiger partial charge >= 0.3 is 0 Å². The number of amides is 4. The van der Waals surface area contributed by atoms with E-state index in [1.54, 1.807) is 18.2 Å². The second-order valence-corrected chi connectivity index (χ2v) is 7.00. The molecule has 10 nitrogen and oxygen atoms in total. The lowest BCUT2D eigenvalue weighted by atomic mass is 10.0. The lowest BCUT2D eigenvalue weighted by Gasteiger charge is -2.27. The monoisotopic (exact) mass is 398 g/mol. The van der Waals surface area contributed by atoms with Gasteiger partial charge in [0.05, 0.1) is 11.1 Å². The fourth-order valence-corrected chi connectivity index (χ4v) is 3.52. The molecule has 0 bridgehead atoms. The summed E-state index contributed by atoms with van der Waals surface area (Å²) in [7, 11) is 0. The number of carbonyl (C=O) groups excluding carboxylic acids is 4. The number of imide groups is 2. The molecule has 1 fully saturated rings. The van der Waals surface area contributed by atoms with Crippen LogP contribution in [0.4, 0.5) is 5.69 Å². The molecular formula is C19H22N6O4. The Morgan fingerprint density at radius 3 is 2.62 bits per heavy atom. The number of hydrogen-bond donors (Lipinski definition) is 2. The topological polar surface area (TPSA) is 144 Å². The normalized spacial score (nSPS) is 18.3. The van der Waals surface area contributed by atoms with E-state index in [1.807, 2.05) is 0 Å². The number of hydrogen-bond acceptors (Lipinski definition) is 6. The van der Waals surface area contributed by atoms with Crippen molar-refractivity contribution in [2.24, 2.45) is 5.11 Å². The summed E-state index contributed by atoms with van der Waals surface area (Å²) in [5.74, 6) is -2.03. The van der Waals surface area contributed by atoms with Crippen molar-refractivity contribution in [2.45, 2.75) is 44.6 Å². The van der Waals surface area contributed by atoms with E-state index in [9.17, 15) is 19.2 Å². The van der Waals surface area contributed by atoms with Crippen molar-refractivity contribution in [3.05, 3.63) is 39.8 Å². The number of anilines is 1. The molecule has 1 unspecified atom stereocenters. The highest BCUT2D eigenvalue weighted by Crippen LogP contribution is 2.29. The zero-order valence-electron chi connectivity index (χ0n) is 15.9. The highest BCUT2D eigenvalue weighted by Gasteiger charge is 2.44. The van der Waals surface area contributed by atoms with Crippen molar-refractivity contribution in [1.82, 2.24) is 10.2 Å². The highest BCUT2D eigenvalue weighted by atomic mass is 16.2. The van der Waals surface area contributed by atoms with Crippen LogP contribution in [-0.4, -0.2) is 47.7 Å². The zero-order valence-corrected chi connectivity index (χ0v) is 15.9. The fourth-order valence-electron chi connectivity index (χ4n) is 3.52. The van der Waals surface area contributed by atoms with Crippen molar-refractivity contribution < 1.29 is 19.2 Å². The minimum absolute atomic E-state index is 0.0967. The van der Waals surface area contributed by atoms with Gasteiger partial charge in [-0.05, 0) is 43.0 Å². The molecule has 1 aromatic carbocycles. The largest absolute Gasteiger partial charge is 0.385 e. The third kappa shape index (κ3) is 4.55. The van der Waals surface area contributed by atoms with Crippen LogP contribution in [-0.2, 0) is 9.59 Å². The van der Waals surface area contributed by atoms with E-state index >= 15 is 0 Å². The van der Waals surface area contributed by atoms with Gasteiger partial charge in [-0.3, -0.25) is 29.4 Å². The number of unbranched alkanes of at least 4 members (excludes halogenated alkanes) is 3. The first-order chi connectivity index (χ1) is 14.0. The third-order valence-corrected chi connectivity index (χ3v) is 5.02. The lowest BCUT2D eigenvalue weighted by Crippen LogP contribution is -2.54. The molecule has 3 rings (SSSR count). The van der Waals surface area contributed by atoms with Gasteiger partial charge < -0.3 is 5.32 Å². The quantitative estimate of drug-likeness (QED) is 0.216. The van der Waals surface area contributed by atoms with Gasteiger partial charge in [-0.1, -0.05) is 18.0 Å². The smallest absolute Gasteiger partial charge is 0.262 e. The Balaban J connectivity index is 1.57. The Morgan fingerprint density at radius 2 is 1.86 bits per heavy atom. The average molecular weight is 398 g/mol. The summed E-state index contributed by atoms with van der Waals surface area (Å²) < 4.78 is 0. The van der Waals surface area contributed by atoms with Gasteiger partial charge in [0.1, 0.15) is 6.04 Å². The zero-order chi connectivity index (χ0) is 20.8. The summed E-state index contributed by atoms with van der Waals surface area (Å²) in [5.41, 5.74) is 9.47. The molecule has 2 N–H and O–H groups in total. The van der Waals surface area contributed by atoms with Crippen LogP contribution >= 0.6 is 0 Å². The summed E-state index contributed by atoms with van der Waals surface area (Å²) in [4.78, 5) is 52.5. The average Bonchev–Trinajstić information content (AvgIpc) is 2.94. The first-order valence-corrected chi connectivity index (χ1v) is 9.63. The van der Waals surface area contributed by atoms with E-state index < -0.39 is 29.7 Å². The molecule has 2 heterocycles. The maximum Gasteiger partial charge on any atom is 0.262 e. The van der Waals surface area contributed by atoms with E-state index in [2.05, 4.69) is 20.7 Å². The number of nitrogens with zero attached hydrogens (tertiary/aromatic N) is 4. The molecule has 1 atom stereocenters. The van der Waals surface area contributed by atoms with Gasteiger partial charge in [-0.15, -0.1) is 0 Å². The molecule has 10 heteroatoms. The highest BCUT2D eigenvalue weighted by molar-refractivity contribution is 6.23. The predicted octanol–water partition coefficient (Wildman–Crippen LogP) is 2.37. The molecule has 0 aliphatic carbocycles. The Labute approximate surface area is 167 Å². The molecular weight excluding hydrogens is 376 g/mol. The molecule has 0 spiro atoms. The van der Waals surface area contributed by atoms with Crippen LogP contribution in [0, 0.1) is 0 Å². The SMILES string of the molecule is [N-]=[N+]=NCCCCCCNc1ccc2c(c1)C(=O)N(C1CCC(=O)NC1=O)C2=O. The summed E-state index contributed by atoms with van der Waals surface area (Å²) in [5, 5.41) is 8.91. The lowest BCUT2D eigenvalue weighted by molar-refractivity contribution is -0.136. The molecule has 2 aliphatic rings. The number of benzene rings is 1. The Kier molecular flexibility index (Phi) is 6.46. The van der Waals surface area contributed by atoms with Crippen molar-refractivity contribution >= 4 is 29.3 Å². The first-order valence-electron chi connectivity index (χ1n) is 9.63. The number of piperidine rings is 1. The van der Waals surface area contributed by atoms with Crippen LogP contribution in [0.3, 0.4) is 0 Å². The van der Waals surface area contributed by atoms with Crippen molar-refractivity contribution in [3.8, 4) is 0 Å². The second-order valence-electron chi connectivity index (χ2n) is 7.00. The van der Waals surface area contributed by atoms with Crippen molar-refractivity contribution in [3.63, 3.8) is 0 Å². The summed E-state index contributed by atoms with van der Waals surface area (Å²) in [6, 6.07) is 3.99. The minimum Gasteiger partial charge on any atom is -0.385 e. The van der Waals surface area contributed by atoms with Gasteiger partial charge in [0.15, 0.2) is 0 Å². The van der Waals surface area contributed by atoms with E-state index in [1.165, 1.54) is 0 Å². The van der Waals surface area contributed by atoms with Crippen molar-refractivity contribution in [2.75, 3.05) is 18.4 Å². The van der Waals surface area contributed by atoms with Crippen LogP contribution in [0.25, 0.3) is 10.4 Å². The molecule has 0 radical (unpaired) electrons. The van der Waals surface area contributed by atoms with Crippen LogP contribution in [0.15, 0.2) is 23.3 Å². The number of fused-ring (bicyclic) bond motifs is 1. The van der Waals surface area contributed by atoms with E-state index in [4.69, 9.17) is 5.53 Å². The molecule has 152 valence electrons. The Morgan fingerprint density at radius 1 is 1.10 bits per heavy atom. The van der Waals surface area contributed by atoms with Crippen molar-refractivity contribution in [1.29, 1.82) is 0 Å². The molecule has 2 aliphatic heterocycles. The number of nitrogens with one attached hydrogen (secondary N) is 2. The van der Waals surface area contributed by atoms with Gasteiger partial charge in [0, 0.05) is 30.1 Å². The second kappa shape index (κ2) is 9.20. The van der Waals surface area contributed by atoms with Gasteiger partial charge in [0.2, 0.25) is 11.8 Å². The maximum atomic E-state index is 12.8. The van der Waals surface area contributed by atoms with Gasteiger partial charge in [-0.2, -0.15) is 0 Å². The maximum absolute atomic E-state index is 12.8. The standard InChI is InChI=1S/C19H22N6O4/c20-24-22-10-4-2-1-3-9-21-12-5-6-13-14(11-12)19(29)25(18(13)28)15-7-8-16(26)23-17(15)27/h5-6,11,15,21H,1-4,7-10H2,(H,23,26,27). The van der Waals surface area contributed by atoms with Crippen LogP contribution in [0.2, 0.25) is 0 Å². The third-order valence-electron chi connectivity index (χ3n) is 5.02. The summed E-state index contributed by atoms with van der Waals surface area (Å²) >= 11 is 0. The van der Waals surface area contributed by atoms with E-state index in [0.29, 0.717) is 13.1 Å². The number of rotatable bonds is 9. The van der Waals surface area contributed by atoms with Gasteiger partial charge in [0.25, 0.3) is 11.8 Å². The Bertz CT molecular complexity index is 893. The molecule has 0 saturated carbocycles. The van der Waals surface area contributed by atoms with Gasteiger partial charge in [-0.25, -0.2) is 0 Å². The van der Waals surface area contributed by atoms with E-state index in [-0.39, 0.29) is 24.0 Å². The first kappa shape index (κ1) is 20.3. The molecule has 1 saturated heterocycles. The summed E-state index contributed by atoms with van der Waals surface area (Å²) in [6.07, 6.45) is 3.97. The number of azide groups is 1. The molecule has 29 heavy (non-hydrogen) atoms. The van der Waals surface area contributed by atoms with Crippen LogP contribution < -0.4 is 10.6 Å². The van der Waals surface area contributed by atoms with E-state index in [0.717, 1.165) is 36.3 Å². The minimum atomic E-state index is -0.957. The van der Waals surface area contributed by atoms with Crippen LogP contribution in [0.1, 0.15) is 59.2 Å². The molecule has 0 aromatic heterocycles. The predicted molar refractivity (Wildman–Crippen MR) is 104 cm³/mol. The van der Waals surface area contributed by atoms with Crippen LogP contribution in [0.5, 0.6) is 0 Å². The molecule has 4 amide bonds. The number of carbonyl (C=O) groups is 4. The Hall–Kier alpha value is -3.39. The fraction of sp³-hybridized carbons (Fsp3) is 0.474. The summed E-state index contributed by atoms with van der Waals surface area (Å²) in [6.45, 7) is 1.22. The molecule has 1 aromatic rings.